The summed E-state index contributed by atoms with van der Waals surface area (Å²) in [4.78, 5) is 14.5. The molecule has 208 valence electrons. The predicted molar refractivity (Wildman–Crippen MR) is 155 cm³/mol. The molecule has 2 saturated carbocycles. The van der Waals surface area contributed by atoms with Crippen LogP contribution >= 0.6 is 0 Å². The molecule has 1 aliphatic heterocycles. The van der Waals surface area contributed by atoms with E-state index in [0.29, 0.717) is 42.2 Å². The SMILES string of the molecule is CC(C)[Si](OCC[C@@]1(C)C(=O)C([Se]c2ccccc2)C[C@]2(C)[C@@H]1CCCC21OCCO1)(C(C)C)C(C)C. The minimum atomic E-state index is -2.00. The van der Waals surface area contributed by atoms with Gasteiger partial charge in [-0.15, -0.1) is 0 Å². The van der Waals surface area contributed by atoms with Gasteiger partial charge in [0.2, 0.25) is 0 Å². The zero-order valence-electron chi connectivity index (χ0n) is 24.5. The van der Waals surface area contributed by atoms with Crippen LogP contribution in [0.2, 0.25) is 21.4 Å². The van der Waals surface area contributed by atoms with Crippen molar-refractivity contribution in [2.75, 3.05) is 19.8 Å². The minimum absolute atomic E-state index is 0.0335. The summed E-state index contributed by atoms with van der Waals surface area (Å²) in [6.45, 7) is 20.7. The molecule has 1 saturated heterocycles. The number of rotatable bonds is 9. The maximum absolute atomic E-state index is 14.5. The van der Waals surface area contributed by atoms with Crippen molar-refractivity contribution < 1.29 is 18.7 Å². The standard InChI is InChI=1S/C31H50O4SeSi/c1-22(2)37(23(3)4,24(5)6)35-18-17-29(7)27-15-12-16-31(33-19-20-34-31)30(27,8)21-26(28(29)32)36-25-13-10-9-11-14-25/h9-11,13-14,22-24,26-27H,12,15-21H2,1-8H3/t26?,27-,29-,30-/m1/s1. The Hall–Kier alpha value is -0.494. The number of hydrogen-bond donors (Lipinski definition) is 0. The molecule has 0 bridgehead atoms. The van der Waals surface area contributed by atoms with Gasteiger partial charge >= 0.3 is 234 Å². The van der Waals surface area contributed by atoms with Crippen LogP contribution in [0.5, 0.6) is 0 Å². The number of benzene rings is 1. The van der Waals surface area contributed by atoms with Crippen molar-refractivity contribution in [2.45, 2.75) is 115 Å². The fourth-order valence-corrected chi connectivity index (χ4v) is 17.2. The molecule has 1 heterocycles. The van der Waals surface area contributed by atoms with E-state index in [1.165, 1.54) is 4.46 Å². The molecule has 0 radical (unpaired) electrons. The summed E-state index contributed by atoms with van der Waals surface area (Å²) in [6, 6.07) is 10.6. The zero-order valence-corrected chi connectivity index (χ0v) is 27.2. The normalized spacial score (nSPS) is 32.0. The van der Waals surface area contributed by atoms with E-state index in [4.69, 9.17) is 13.9 Å². The first-order chi connectivity index (χ1) is 17.4. The Balaban J connectivity index is 1.67. The van der Waals surface area contributed by atoms with Crippen LogP contribution in [-0.2, 0) is 18.7 Å². The monoisotopic (exact) mass is 594 g/mol. The summed E-state index contributed by atoms with van der Waals surface area (Å²) in [7, 11) is -2.00. The molecule has 1 unspecified atom stereocenters. The molecule has 0 aromatic heterocycles. The predicted octanol–water partition coefficient (Wildman–Crippen LogP) is 6.92. The Labute approximate surface area is 233 Å². The number of fused-ring (bicyclic) bond motifs is 2. The van der Waals surface area contributed by atoms with Crippen molar-refractivity contribution in [2.24, 2.45) is 16.7 Å². The summed E-state index contributed by atoms with van der Waals surface area (Å²) in [5, 5.41) is 0. The number of carbonyl (C=O) groups excluding carboxylic acids is 1. The average Bonchev–Trinajstić information content (AvgIpc) is 3.32. The molecule has 37 heavy (non-hydrogen) atoms. The summed E-state index contributed by atoms with van der Waals surface area (Å²) < 4.78 is 21.3. The van der Waals surface area contributed by atoms with Crippen LogP contribution in [0.3, 0.4) is 0 Å². The molecule has 2 aliphatic carbocycles. The van der Waals surface area contributed by atoms with Gasteiger partial charge < -0.3 is 0 Å². The molecule has 4 nitrogen and oxygen atoms in total. The van der Waals surface area contributed by atoms with E-state index in [0.717, 1.165) is 32.1 Å². The van der Waals surface area contributed by atoms with Crippen LogP contribution in [0.4, 0.5) is 0 Å². The summed E-state index contributed by atoms with van der Waals surface area (Å²) in [6.07, 6.45) is 4.73. The second kappa shape index (κ2) is 11.2. The molecule has 4 rings (SSSR count). The van der Waals surface area contributed by atoms with Gasteiger partial charge in [-0.25, -0.2) is 0 Å². The molecular formula is C31H50O4SeSi. The molecule has 1 aromatic rings. The Morgan fingerprint density at radius 1 is 1.00 bits per heavy atom. The first-order valence-electron chi connectivity index (χ1n) is 14.6. The Kier molecular flexibility index (Phi) is 8.91. The van der Waals surface area contributed by atoms with E-state index in [1.807, 2.05) is 0 Å². The van der Waals surface area contributed by atoms with E-state index in [9.17, 15) is 4.79 Å². The fraction of sp³-hybridized carbons (Fsp3) is 0.774. The van der Waals surface area contributed by atoms with Crippen molar-refractivity contribution >= 4 is 33.5 Å². The number of hydrogen-bond acceptors (Lipinski definition) is 4. The van der Waals surface area contributed by atoms with Crippen molar-refractivity contribution in [3.05, 3.63) is 30.3 Å². The third kappa shape index (κ3) is 4.98. The molecule has 0 N–H and O–H groups in total. The van der Waals surface area contributed by atoms with Crippen LogP contribution in [0.15, 0.2) is 30.3 Å². The van der Waals surface area contributed by atoms with Crippen molar-refractivity contribution in [3.8, 4) is 0 Å². The van der Waals surface area contributed by atoms with Gasteiger partial charge in [0.15, 0.2) is 0 Å². The van der Waals surface area contributed by atoms with Crippen LogP contribution < -0.4 is 4.46 Å². The Morgan fingerprint density at radius 2 is 1.59 bits per heavy atom. The first-order valence-corrected chi connectivity index (χ1v) is 18.6. The summed E-state index contributed by atoms with van der Waals surface area (Å²) in [5.74, 6) is 0.165. The van der Waals surface area contributed by atoms with Crippen LogP contribution in [0, 0.1) is 16.7 Å². The molecule has 3 fully saturated rings. The Bertz CT molecular complexity index is 907. The number of ether oxygens (including phenoxy) is 2. The van der Waals surface area contributed by atoms with Crippen LogP contribution in [0.1, 0.15) is 87.5 Å². The van der Waals surface area contributed by atoms with Crippen molar-refractivity contribution in [1.82, 2.24) is 0 Å². The van der Waals surface area contributed by atoms with Crippen molar-refractivity contribution in [1.29, 1.82) is 0 Å². The first kappa shape index (κ1) is 29.5. The average molecular weight is 594 g/mol. The second-order valence-corrected chi connectivity index (χ2v) is 21.3. The van der Waals surface area contributed by atoms with Gasteiger partial charge in [0.05, 0.1) is 0 Å². The molecule has 6 heteroatoms. The third-order valence-corrected chi connectivity index (χ3v) is 19.0. The molecule has 1 aromatic carbocycles. The zero-order chi connectivity index (χ0) is 27.1. The van der Waals surface area contributed by atoms with E-state index in [-0.39, 0.29) is 31.1 Å². The van der Waals surface area contributed by atoms with E-state index in [2.05, 4.69) is 85.7 Å². The van der Waals surface area contributed by atoms with Gasteiger partial charge in [0.25, 0.3) is 0 Å². The fourth-order valence-electron chi connectivity index (χ4n) is 8.67. The molecule has 3 aliphatic rings. The van der Waals surface area contributed by atoms with Gasteiger partial charge in [-0.1, -0.05) is 0 Å². The van der Waals surface area contributed by atoms with Gasteiger partial charge in [-0.3, -0.25) is 0 Å². The second-order valence-electron chi connectivity index (χ2n) is 13.1. The number of carbonyl (C=O) groups is 1. The van der Waals surface area contributed by atoms with Crippen LogP contribution in [0.25, 0.3) is 0 Å². The van der Waals surface area contributed by atoms with Gasteiger partial charge in [0, 0.05) is 0 Å². The van der Waals surface area contributed by atoms with Gasteiger partial charge in [0.1, 0.15) is 0 Å². The quantitative estimate of drug-likeness (QED) is 0.292. The number of ketones is 1. The summed E-state index contributed by atoms with van der Waals surface area (Å²) >= 11 is 0.0813. The van der Waals surface area contributed by atoms with E-state index in [1.54, 1.807) is 0 Å². The van der Waals surface area contributed by atoms with Crippen LogP contribution in [-0.4, -0.2) is 54.7 Å². The van der Waals surface area contributed by atoms with Gasteiger partial charge in [-0.05, 0) is 0 Å². The van der Waals surface area contributed by atoms with E-state index >= 15 is 0 Å². The summed E-state index contributed by atoms with van der Waals surface area (Å²) in [5.41, 5.74) is 1.02. The van der Waals surface area contributed by atoms with E-state index < -0.39 is 19.5 Å². The number of Topliss-reactive ketones (excluding diaryl/α,β-unsaturated/α-hetero) is 1. The molecule has 0 amide bonds. The molecular weight excluding hydrogens is 543 g/mol. The topological polar surface area (TPSA) is 44.8 Å². The van der Waals surface area contributed by atoms with Gasteiger partial charge in [-0.2, -0.15) is 0 Å². The third-order valence-electron chi connectivity index (χ3n) is 10.3. The van der Waals surface area contributed by atoms with Crippen molar-refractivity contribution in [3.63, 3.8) is 0 Å². The molecule has 4 atom stereocenters. The maximum atomic E-state index is 14.5. The Morgan fingerprint density at radius 3 is 2.16 bits per heavy atom. The molecule has 1 spiro atoms.